The summed E-state index contributed by atoms with van der Waals surface area (Å²) in [5.41, 5.74) is -0.405. The number of aliphatic hydroxyl groups is 3. The van der Waals surface area contributed by atoms with Gasteiger partial charge in [0.15, 0.2) is 0 Å². The molecule has 0 bridgehead atoms. The second-order valence-electron chi connectivity index (χ2n) is 9.05. The highest BCUT2D eigenvalue weighted by atomic mass is 16.4. The predicted octanol–water partition coefficient (Wildman–Crippen LogP) is 2.85. The van der Waals surface area contributed by atoms with Crippen LogP contribution in [0.15, 0.2) is 12.2 Å². The molecular weight excluding hydrogens is 304 g/mol. The number of rotatable bonds is 5. The first-order valence-electron chi connectivity index (χ1n) is 9.19. The zero-order valence-electron chi connectivity index (χ0n) is 15.6. The highest BCUT2D eigenvalue weighted by Crippen LogP contribution is 2.60. The molecule has 2 rings (SSSR count). The zero-order valence-corrected chi connectivity index (χ0v) is 15.6. The largest absolute Gasteiger partial charge is 0.394 e. The Bertz CT molecular complexity index is 508. The van der Waals surface area contributed by atoms with Crippen molar-refractivity contribution >= 4 is 5.78 Å². The Labute approximate surface area is 146 Å². The van der Waals surface area contributed by atoms with Crippen LogP contribution in [0.25, 0.3) is 0 Å². The van der Waals surface area contributed by atoms with E-state index in [0.717, 1.165) is 25.7 Å². The average molecular weight is 338 g/mol. The van der Waals surface area contributed by atoms with Crippen molar-refractivity contribution in [1.82, 2.24) is 0 Å². The lowest BCUT2D eigenvalue weighted by atomic mass is 9.46. The second kappa shape index (κ2) is 6.54. The Morgan fingerprint density at radius 3 is 2.54 bits per heavy atom. The van der Waals surface area contributed by atoms with Crippen molar-refractivity contribution in [2.75, 3.05) is 6.61 Å². The summed E-state index contributed by atoms with van der Waals surface area (Å²) in [6, 6.07) is 0. The summed E-state index contributed by atoms with van der Waals surface area (Å²) >= 11 is 0. The van der Waals surface area contributed by atoms with Gasteiger partial charge >= 0.3 is 0 Å². The molecule has 2 fully saturated rings. The number of hydrogen-bond donors (Lipinski definition) is 3. The molecule has 2 aliphatic carbocycles. The summed E-state index contributed by atoms with van der Waals surface area (Å²) in [7, 11) is 0. The molecule has 24 heavy (non-hydrogen) atoms. The van der Waals surface area contributed by atoms with Crippen molar-refractivity contribution in [2.24, 2.45) is 22.7 Å². The van der Waals surface area contributed by atoms with Crippen LogP contribution in [0.3, 0.4) is 0 Å². The number of allylic oxidation sites excluding steroid dienone is 1. The Morgan fingerprint density at radius 1 is 1.33 bits per heavy atom. The molecule has 3 N–H and O–H groups in total. The van der Waals surface area contributed by atoms with E-state index in [-0.39, 0.29) is 16.7 Å². The molecule has 2 saturated carbocycles. The first-order chi connectivity index (χ1) is 11.0. The molecule has 0 saturated heterocycles. The highest BCUT2D eigenvalue weighted by molar-refractivity contribution is 5.85. The summed E-state index contributed by atoms with van der Waals surface area (Å²) < 4.78 is 0. The monoisotopic (exact) mass is 338 g/mol. The Hall–Kier alpha value is -0.710. The Balaban J connectivity index is 2.22. The molecule has 2 aliphatic rings. The van der Waals surface area contributed by atoms with E-state index in [9.17, 15) is 15.0 Å². The molecule has 0 aromatic heterocycles. The van der Waals surface area contributed by atoms with Gasteiger partial charge < -0.3 is 15.3 Å². The van der Waals surface area contributed by atoms with E-state index in [1.54, 1.807) is 6.92 Å². The van der Waals surface area contributed by atoms with Gasteiger partial charge in [0.1, 0.15) is 11.9 Å². The second-order valence-corrected chi connectivity index (χ2v) is 9.05. The minimum atomic E-state index is -1.31. The molecule has 5 atom stereocenters. The first kappa shape index (κ1) is 19.6. The summed E-state index contributed by atoms with van der Waals surface area (Å²) in [5, 5.41) is 29.4. The van der Waals surface area contributed by atoms with Crippen molar-refractivity contribution in [3.63, 3.8) is 0 Å². The molecule has 0 aromatic rings. The number of carbonyl (C=O) groups is 1. The van der Waals surface area contributed by atoms with Crippen molar-refractivity contribution in [3.05, 3.63) is 12.2 Å². The minimum Gasteiger partial charge on any atom is -0.394 e. The maximum atomic E-state index is 12.4. The van der Waals surface area contributed by atoms with Crippen molar-refractivity contribution in [2.45, 2.75) is 77.9 Å². The molecule has 4 nitrogen and oxygen atoms in total. The van der Waals surface area contributed by atoms with Gasteiger partial charge in [0.05, 0.1) is 12.2 Å². The van der Waals surface area contributed by atoms with Gasteiger partial charge in [-0.15, -0.1) is 0 Å². The molecule has 0 amide bonds. The van der Waals surface area contributed by atoms with Gasteiger partial charge in [-0.05, 0) is 56.3 Å². The van der Waals surface area contributed by atoms with Crippen molar-refractivity contribution in [3.8, 4) is 0 Å². The van der Waals surface area contributed by atoms with E-state index < -0.39 is 18.3 Å². The van der Waals surface area contributed by atoms with Crippen molar-refractivity contribution < 1.29 is 20.1 Å². The lowest BCUT2D eigenvalue weighted by molar-refractivity contribution is -0.146. The summed E-state index contributed by atoms with van der Waals surface area (Å²) in [4.78, 5) is 12.4. The number of hydrogen-bond acceptors (Lipinski definition) is 4. The SMILES string of the molecule is C=C1CC[C@@H]2C(C)(C)C(=O)CC[C@@]2(C)[C@@H]1CCC(C)(O)[C@@H](O)CO. The molecular formula is C20H34O4. The highest BCUT2D eigenvalue weighted by Gasteiger charge is 2.56. The fourth-order valence-corrected chi connectivity index (χ4v) is 5.31. The average Bonchev–Trinajstić information content (AvgIpc) is 2.49. The topological polar surface area (TPSA) is 77.8 Å². The Morgan fingerprint density at radius 2 is 1.96 bits per heavy atom. The van der Waals surface area contributed by atoms with Crippen LogP contribution in [0.1, 0.15) is 66.2 Å². The third-order valence-electron chi connectivity index (χ3n) is 7.15. The zero-order chi connectivity index (χ0) is 18.3. The van der Waals surface area contributed by atoms with Crippen LogP contribution in [0.5, 0.6) is 0 Å². The molecule has 0 aliphatic heterocycles. The van der Waals surface area contributed by atoms with Crippen LogP contribution in [-0.4, -0.2) is 39.4 Å². The number of Topliss-reactive ketones (excluding diaryl/α,β-unsaturated/α-hetero) is 1. The van der Waals surface area contributed by atoms with Gasteiger partial charge in [-0.25, -0.2) is 0 Å². The van der Waals surface area contributed by atoms with E-state index in [1.165, 1.54) is 5.57 Å². The fraction of sp³-hybridized carbons (Fsp3) is 0.850. The maximum Gasteiger partial charge on any atom is 0.138 e. The number of aliphatic hydroxyl groups excluding tert-OH is 2. The normalized spacial score (nSPS) is 36.8. The molecule has 1 unspecified atom stereocenters. The summed E-state index contributed by atoms with van der Waals surface area (Å²) in [6.07, 6.45) is 3.40. The predicted molar refractivity (Wildman–Crippen MR) is 94.4 cm³/mol. The standard InChI is InChI=1S/C20H34O4/c1-13-6-7-15-18(2,3)16(22)9-10-19(15,4)14(13)8-11-20(5,24)17(23)12-21/h14-15,17,21,23-24H,1,6-12H2,2-5H3/t14-,15-,17+,19+,20?/m1/s1. The van der Waals surface area contributed by atoms with Gasteiger partial charge in [-0.1, -0.05) is 32.9 Å². The third kappa shape index (κ3) is 3.21. The van der Waals surface area contributed by atoms with Crippen LogP contribution >= 0.6 is 0 Å². The fourth-order valence-electron chi connectivity index (χ4n) is 5.31. The lowest BCUT2D eigenvalue weighted by Gasteiger charge is -2.57. The number of ketones is 1. The van der Waals surface area contributed by atoms with E-state index in [4.69, 9.17) is 5.11 Å². The summed E-state index contributed by atoms with van der Waals surface area (Å²) in [5.74, 6) is 0.925. The molecule has 4 heteroatoms. The third-order valence-corrected chi connectivity index (χ3v) is 7.15. The van der Waals surface area contributed by atoms with E-state index in [1.807, 2.05) is 0 Å². The quantitative estimate of drug-likeness (QED) is 0.674. The van der Waals surface area contributed by atoms with Gasteiger partial charge in [-0.2, -0.15) is 0 Å². The first-order valence-corrected chi connectivity index (χ1v) is 9.19. The van der Waals surface area contributed by atoms with Gasteiger partial charge in [-0.3, -0.25) is 4.79 Å². The van der Waals surface area contributed by atoms with Gasteiger partial charge in [0.2, 0.25) is 0 Å². The van der Waals surface area contributed by atoms with Crippen LogP contribution in [0.2, 0.25) is 0 Å². The molecule has 0 radical (unpaired) electrons. The van der Waals surface area contributed by atoms with Gasteiger partial charge in [0.25, 0.3) is 0 Å². The van der Waals surface area contributed by atoms with E-state index in [2.05, 4.69) is 27.4 Å². The molecule has 0 spiro atoms. The number of carbonyl (C=O) groups excluding carboxylic acids is 1. The van der Waals surface area contributed by atoms with E-state index >= 15 is 0 Å². The maximum absolute atomic E-state index is 12.4. The Kier molecular flexibility index (Phi) is 5.35. The van der Waals surface area contributed by atoms with Crippen molar-refractivity contribution in [1.29, 1.82) is 0 Å². The minimum absolute atomic E-state index is 0.00693. The van der Waals surface area contributed by atoms with Crippen LogP contribution in [-0.2, 0) is 4.79 Å². The van der Waals surface area contributed by atoms with Gasteiger partial charge in [0, 0.05) is 11.8 Å². The van der Waals surface area contributed by atoms with E-state index in [0.29, 0.717) is 24.5 Å². The molecule has 138 valence electrons. The lowest BCUT2D eigenvalue weighted by Crippen LogP contribution is -2.53. The van der Waals surface area contributed by atoms with Crippen LogP contribution < -0.4 is 0 Å². The number of fused-ring (bicyclic) bond motifs is 1. The molecule has 0 aromatic carbocycles. The molecule has 0 heterocycles. The smallest absolute Gasteiger partial charge is 0.138 e. The van der Waals surface area contributed by atoms with Crippen LogP contribution in [0.4, 0.5) is 0 Å². The van der Waals surface area contributed by atoms with Crippen LogP contribution in [0, 0.1) is 22.7 Å². The summed E-state index contributed by atoms with van der Waals surface area (Å²) in [6.45, 7) is 11.8.